The van der Waals surface area contributed by atoms with Crippen molar-refractivity contribution < 1.29 is 36.2 Å². The van der Waals surface area contributed by atoms with E-state index in [-0.39, 0.29) is 11.1 Å². The molecule has 0 bridgehead atoms. The summed E-state index contributed by atoms with van der Waals surface area (Å²) in [5, 5.41) is 9.68. The largest absolute Gasteiger partial charge is 0.506 e. The van der Waals surface area contributed by atoms with Crippen LogP contribution in [0.3, 0.4) is 0 Å². The first-order valence-electron chi connectivity index (χ1n) is 6.43. The fraction of sp³-hybridized carbons (Fsp3) is 0.133. The molecule has 0 aliphatic rings. The lowest BCUT2D eigenvalue weighted by atomic mass is 9.96. The van der Waals surface area contributed by atoms with Crippen molar-refractivity contribution in [3.8, 4) is 16.9 Å². The molecule has 0 aromatic heterocycles. The molecular weight excluding hydrogens is 376 g/mol. The van der Waals surface area contributed by atoms with Crippen LogP contribution >= 0.6 is 11.6 Å². The number of rotatable bonds is 2. The Bertz CT molecular complexity index is 813. The summed E-state index contributed by atoms with van der Waals surface area (Å²) in [4.78, 5) is 11.2. The topological polar surface area (TPSA) is 63.3 Å². The van der Waals surface area contributed by atoms with Gasteiger partial charge in [0.25, 0.3) is 5.91 Å². The Morgan fingerprint density at radius 2 is 1.44 bits per heavy atom. The van der Waals surface area contributed by atoms with Gasteiger partial charge in [-0.3, -0.25) is 4.79 Å². The standard InChI is InChI=1S/C15H8ClF6NO2/c16-10-2-1-9(13(23)25)12(24)11(10)6-3-7(14(17,18)19)5-8(4-6)15(20,21)22/h1-5,24H,(H2,23,25). The number of hydrogen-bond donors (Lipinski definition) is 2. The van der Waals surface area contributed by atoms with Crippen molar-refractivity contribution >= 4 is 17.5 Å². The van der Waals surface area contributed by atoms with Crippen molar-refractivity contribution in [3.63, 3.8) is 0 Å². The zero-order valence-electron chi connectivity index (χ0n) is 12.0. The molecule has 2 aromatic carbocycles. The van der Waals surface area contributed by atoms with Gasteiger partial charge in [0.2, 0.25) is 0 Å². The Kier molecular flexibility index (Phi) is 4.65. The third kappa shape index (κ3) is 3.81. The zero-order valence-corrected chi connectivity index (χ0v) is 12.7. The number of halogens is 7. The van der Waals surface area contributed by atoms with Crippen LogP contribution in [0.1, 0.15) is 21.5 Å². The van der Waals surface area contributed by atoms with E-state index >= 15 is 0 Å². The summed E-state index contributed by atoms with van der Waals surface area (Å²) in [5.74, 6) is -2.04. The molecule has 0 saturated heterocycles. The summed E-state index contributed by atoms with van der Waals surface area (Å²) in [6.45, 7) is 0. The number of aromatic hydroxyl groups is 1. The maximum atomic E-state index is 12.9. The molecule has 134 valence electrons. The Morgan fingerprint density at radius 3 is 1.84 bits per heavy atom. The smallest absolute Gasteiger partial charge is 0.416 e. The van der Waals surface area contributed by atoms with E-state index < -0.39 is 51.8 Å². The molecule has 2 rings (SSSR count). The fourth-order valence-electron chi connectivity index (χ4n) is 2.14. The van der Waals surface area contributed by atoms with Crippen LogP contribution in [-0.4, -0.2) is 11.0 Å². The first kappa shape index (κ1) is 18.9. The van der Waals surface area contributed by atoms with Gasteiger partial charge in [0.05, 0.1) is 21.7 Å². The lowest BCUT2D eigenvalue weighted by Gasteiger charge is -2.16. The maximum Gasteiger partial charge on any atom is 0.416 e. The van der Waals surface area contributed by atoms with Gasteiger partial charge in [-0.25, -0.2) is 0 Å². The molecule has 0 radical (unpaired) electrons. The molecule has 0 heterocycles. The average molecular weight is 384 g/mol. The summed E-state index contributed by atoms with van der Waals surface area (Å²) in [6.07, 6.45) is -10.1. The summed E-state index contributed by atoms with van der Waals surface area (Å²) in [5.41, 5.74) is 0.121. The van der Waals surface area contributed by atoms with Gasteiger partial charge in [-0.05, 0) is 35.9 Å². The predicted molar refractivity (Wildman–Crippen MR) is 77.1 cm³/mol. The third-order valence-corrected chi connectivity index (χ3v) is 3.58. The normalized spacial score (nSPS) is 12.3. The lowest BCUT2D eigenvalue weighted by molar-refractivity contribution is -0.143. The van der Waals surface area contributed by atoms with Crippen molar-refractivity contribution in [2.24, 2.45) is 5.73 Å². The summed E-state index contributed by atoms with van der Waals surface area (Å²) < 4.78 is 77.5. The molecule has 0 saturated carbocycles. The minimum atomic E-state index is -5.07. The molecule has 25 heavy (non-hydrogen) atoms. The number of benzene rings is 2. The first-order valence-corrected chi connectivity index (χ1v) is 6.81. The van der Waals surface area contributed by atoms with E-state index in [1.165, 1.54) is 0 Å². The van der Waals surface area contributed by atoms with E-state index in [0.29, 0.717) is 12.1 Å². The molecule has 0 aliphatic carbocycles. The van der Waals surface area contributed by atoms with Crippen LogP contribution in [-0.2, 0) is 12.4 Å². The molecule has 1 amide bonds. The molecule has 0 aliphatic heterocycles. The van der Waals surface area contributed by atoms with Crippen LogP contribution in [0.15, 0.2) is 30.3 Å². The number of alkyl halides is 6. The highest BCUT2D eigenvalue weighted by Gasteiger charge is 2.37. The van der Waals surface area contributed by atoms with Gasteiger partial charge in [-0.15, -0.1) is 0 Å². The molecule has 10 heteroatoms. The van der Waals surface area contributed by atoms with Crippen LogP contribution < -0.4 is 5.73 Å². The minimum absolute atomic E-state index is 0.0631. The second-order valence-corrected chi connectivity index (χ2v) is 5.38. The highest BCUT2D eigenvalue weighted by atomic mass is 35.5. The van der Waals surface area contributed by atoms with Crippen molar-refractivity contribution in [2.75, 3.05) is 0 Å². The SMILES string of the molecule is NC(=O)c1ccc(Cl)c(-c2cc(C(F)(F)F)cc(C(F)(F)F)c2)c1O. The van der Waals surface area contributed by atoms with E-state index in [0.717, 1.165) is 12.1 Å². The van der Waals surface area contributed by atoms with Crippen LogP contribution in [0, 0.1) is 0 Å². The van der Waals surface area contributed by atoms with Gasteiger partial charge < -0.3 is 10.8 Å². The quantitative estimate of drug-likeness (QED) is 0.728. The number of nitrogens with two attached hydrogens (primary N) is 1. The van der Waals surface area contributed by atoms with Gasteiger partial charge >= 0.3 is 12.4 Å². The second kappa shape index (κ2) is 6.14. The van der Waals surface area contributed by atoms with Crippen LogP contribution in [0.25, 0.3) is 11.1 Å². The van der Waals surface area contributed by atoms with Gasteiger partial charge in [-0.2, -0.15) is 26.3 Å². The number of hydrogen-bond acceptors (Lipinski definition) is 2. The van der Waals surface area contributed by atoms with E-state index in [9.17, 15) is 36.2 Å². The third-order valence-electron chi connectivity index (χ3n) is 3.27. The lowest BCUT2D eigenvalue weighted by Crippen LogP contribution is -2.12. The second-order valence-electron chi connectivity index (χ2n) is 4.98. The highest BCUT2D eigenvalue weighted by molar-refractivity contribution is 6.34. The van der Waals surface area contributed by atoms with Crippen LogP contribution in [0.4, 0.5) is 26.3 Å². The summed E-state index contributed by atoms with van der Waals surface area (Å²) in [6, 6.07) is 2.75. The Labute approximate surface area is 141 Å². The van der Waals surface area contributed by atoms with Gasteiger partial charge in [0.15, 0.2) is 0 Å². The van der Waals surface area contributed by atoms with Crippen molar-refractivity contribution in [1.82, 2.24) is 0 Å². The van der Waals surface area contributed by atoms with Crippen molar-refractivity contribution in [2.45, 2.75) is 12.4 Å². The number of carbonyl (C=O) groups is 1. The number of phenols is 1. The molecular formula is C15H8ClF6NO2. The van der Waals surface area contributed by atoms with Crippen LogP contribution in [0.2, 0.25) is 5.02 Å². The van der Waals surface area contributed by atoms with E-state index in [1.54, 1.807) is 0 Å². The van der Waals surface area contributed by atoms with Crippen molar-refractivity contribution in [1.29, 1.82) is 0 Å². The van der Waals surface area contributed by atoms with Gasteiger partial charge in [0, 0.05) is 5.56 Å². The molecule has 0 spiro atoms. The molecule has 0 fully saturated rings. The summed E-state index contributed by atoms with van der Waals surface area (Å²) in [7, 11) is 0. The average Bonchev–Trinajstić information content (AvgIpc) is 2.44. The van der Waals surface area contributed by atoms with Gasteiger partial charge in [-0.1, -0.05) is 11.6 Å². The molecule has 0 atom stereocenters. The fourth-order valence-corrected chi connectivity index (χ4v) is 2.40. The molecule has 3 N–H and O–H groups in total. The molecule has 2 aromatic rings. The number of carbonyl (C=O) groups excluding carboxylic acids is 1. The monoisotopic (exact) mass is 383 g/mol. The number of amides is 1. The van der Waals surface area contributed by atoms with E-state index in [1.807, 2.05) is 0 Å². The molecule has 0 unspecified atom stereocenters. The predicted octanol–water partition coefficient (Wildman–Crippen LogP) is 4.85. The Hall–Kier alpha value is -2.42. The first-order chi connectivity index (χ1) is 11.3. The Morgan fingerprint density at radius 1 is 0.960 bits per heavy atom. The zero-order chi connectivity index (χ0) is 19.2. The number of primary amides is 1. The summed E-state index contributed by atoms with van der Waals surface area (Å²) >= 11 is 5.80. The Balaban J connectivity index is 2.84. The van der Waals surface area contributed by atoms with E-state index in [2.05, 4.69) is 0 Å². The highest BCUT2D eigenvalue weighted by Crippen LogP contribution is 2.43. The van der Waals surface area contributed by atoms with Crippen molar-refractivity contribution in [3.05, 3.63) is 52.0 Å². The minimum Gasteiger partial charge on any atom is -0.506 e. The maximum absolute atomic E-state index is 12.9. The van der Waals surface area contributed by atoms with Gasteiger partial charge in [0.1, 0.15) is 5.75 Å². The van der Waals surface area contributed by atoms with Crippen LogP contribution in [0.5, 0.6) is 5.75 Å². The molecule has 3 nitrogen and oxygen atoms in total. The van der Waals surface area contributed by atoms with E-state index in [4.69, 9.17) is 17.3 Å².